The van der Waals surface area contributed by atoms with Gasteiger partial charge in [0.2, 0.25) is 5.91 Å². The van der Waals surface area contributed by atoms with Crippen LogP contribution >= 0.6 is 0 Å². The van der Waals surface area contributed by atoms with Gasteiger partial charge in [-0.25, -0.2) is 5.10 Å². The zero-order valence-electron chi connectivity index (χ0n) is 16.3. The molecule has 0 aliphatic carbocycles. The molecule has 0 aliphatic rings. The number of anilines is 1. The molecule has 0 fully saturated rings. The molecule has 1 aromatic heterocycles. The van der Waals surface area contributed by atoms with Crippen molar-refractivity contribution in [2.24, 2.45) is 0 Å². The van der Waals surface area contributed by atoms with Gasteiger partial charge in [-0.15, -0.1) is 0 Å². The van der Waals surface area contributed by atoms with Gasteiger partial charge < -0.3 is 10.6 Å². The van der Waals surface area contributed by atoms with Gasteiger partial charge in [0.05, 0.1) is 11.1 Å². The molecular formula is C22H26N4O2. The molecule has 3 rings (SSSR count). The van der Waals surface area contributed by atoms with Crippen molar-refractivity contribution in [3.05, 3.63) is 58.9 Å². The number of amides is 1. The Morgan fingerprint density at radius 3 is 2.64 bits per heavy atom. The maximum absolute atomic E-state index is 12.2. The summed E-state index contributed by atoms with van der Waals surface area (Å²) in [6, 6.07) is 15.4. The first-order chi connectivity index (χ1) is 13.5. The molecule has 6 heteroatoms. The lowest BCUT2D eigenvalue weighted by molar-refractivity contribution is -0.116. The Bertz CT molecular complexity index is 1010. The molecule has 6 nitrogen and oxygen atoms in total. The van der Waals surface area contributed by atoms with Crippen LogP contribution < -0.4 is 16.2 Å². The summed E-state index contributed by atoms with van der Waals surface area (Å²) in [7, 11) is 0. The first kappa shape index (κ1) is 19.8. The van der Waals surface area contributed by atoms with Crippen molar-refractivity contribution < 1.29 is 4.79 Å². The van der Waals surface area contributed by atoms with Crippen molar-refractivity contribution in [1.29, 1.82) is 0 Å². The van der Waals surface area contributed by atoms with Gasteiger partial charge in [0, 0.05) is 29.1 Å². The van der Waals surface area contributed by atoms with Crippen molar-refractivity contribution in [2.75, 3.05) is 11.9 Å². The van der Waals surface area contributed by atoms with Gasteiger partial charge in [0.25, 0.3) is 5.56 Å². The van der Waals surface area contributed by atoms with Crippen molar-refractivity contribution in [3.63, 3.8) is 0 Å². The fourth-order valence-corrected chi connectivity index (χ4v) is 3.10. The van der Waals surface area contributed by atoms with E-state index < -0.39 is 0 Å². The SMILES string of the molecule is CC(C)NCCCCC(=O)Nc1cccc(-c2n[nH]c(=O)c3ccccc23)c1. The van der Waals surface area contributed by atoms with Crippen LogP contribution in [0.1, 0.15) is 33.1 Å². The summed E-state index contributed by atoms with van der Waals surface area (Å²) < 4.78 is 0. The van der Waals surface area contributed by atoms with Gasteiger partial charge in [-0.3, -0.25) is 9.59 Å². The highest BCUT2D eigenvalue weighted by Crippen LogP contribution is 2.26. The van der Waals surface area contributed by atoms with E-state index in [1.165, 1.54) is 0 Å². The number of benzene rings is 2. The number of aromatic amines is 1. The second kappa shape index (κ2) is 9.28. The van der Waals surface area contributed by atoms with E-state index in [1.807, 2.05) is 42.5 Å². The predicted molar refractivity (Wildman–Crippen MR) is 113 cm³/mol. The average molecular weight is 378 g/mol. The van der Waals surface area contributed by atoms with Crippen LogP contribution in [0.4, 0.5) is 5.69 Å². The lowest BCUT2D eigenvalue weighted by Crippen LogP contribution is -2.23. The van der Waals surface area contributed by atoms with Crippen LogP contribution in [0.5, 0.6) is 0 Å². The minimum Gasteiger partial charge on any atom is -0.326 e. The maximum Gasteiger partial charge on any atom is 0.272 e. The molecule has 0 unspecified atom stereocenters. The van der Waals surface area contributed by atoms with Crippen LogP contribution in [0.25, 0.3) is 22.0 Å². The minimum atomic E-state index is -0.212. The monoisotopic (exact) mass is 378 g/mol. The molecule has 0 bridgehead atoms. The molecule has 0 aliphatic heterocycles. The van der Waals surface area contributed by atoms with Crippen molar-refractivity contribution >= 4 is 22.4 Å². The molecule has 0 spiro atoms. The molecular weight excluding hydrogens is 352 g/mol. The standard InChI is InChI=1S/C22H26N4O2/c1-15(2)23-13-6-5-12-20(27)24-17-9-7-8-16(14-17)21-18-10-3-4-11-19(18)22(28)26-25-21/h3-4,7-11,14-15,23H,5-6,12-13H2,1-2H3,(H,24,27)(H,26,28). The third kappa shape index (κ3) is 5.04. The summed E-state index contributed by atoms with van der Waals surface area (Å²) in [6.45, 7) is 5.14. The molecule has 0 saturated heterocycles. The third-order valence-electron chi connectivity index (χ3n) is 4.50. The molecule has 0 atom stereocenters. The highest BCUT2D eigenvalue weighted by molar-refractivity contribution is 5.95. The number of aromatic nitrogens is 2. The summed E-state index contributed by atoms with van der Waals surface area (Å²) in [5, 5.41) is 14.5. The van der Waals surface area contributed by atoms with Gasteiger partial charge in [0.1, 0.15) is 0 Å². The molecule has 1 heterocycles. The maximum atomic E-state index is 12.2. The van der Waals surface area contributed by atoms with Crippen LogP contribution in [0.3, 0.4) is 0 Å². The quantitative estimate of drug-likeness (QED) is 0.522. The number of rotatable bonds is 8. The second-order valence-electron chi connectivity index (χ2n) is 7.14. The molecule has 1 amide bonds. The highest BCUT2D eigenvalue weighted by Gasteiger charge is 2.10. The van der Waals surface area contributed by atoms with Crippen LogP contribution in [0, 0.1) is 0 Å². The number of H-pyrrole nitrogens is 1. The molecule has 28 heavy (non-hydrogen) atoms. The van der Waals surface area contributed by atoms with E-state index >= 15 is 0 Å². The zero-order chi connectivity index (χ0) is 19.9. The van der Waals surface area contributed by atoms with Crippen LogP contribution in [0.2, 0.25) is 0 Å². The van der Waals surface area contributed by atoms with E-state index in [0.29, 0.717) is 23.5 Å². The van der Waals surface area contributed by atoms with Crippen LogP contribution in [0.15, 0.2) is 53.3 Å². The van der Waals surface area contributed by atoms with E-state index in [1.54, 1.807) is 6.07 Å². The van der Waals surface area contributed by atoms with E-state index in [-0.39, 0.29) is 11.5 Å². The first-order valence-electron chi connectivity index (χ1n) is 9.65. The van der Waals surface area contributed by atoms with Gasteiger partial charge in [0.15, 0.2) is 0 Å². The van der Waals surface area contributed by atoms with Gasteiger partial charge in [-0.05, 0) is 37.6 Å². The zero-order valence-corrected chi connectivity index (χ0v) is 16.3. The average Bonchev–Trinajstić information content (AvgIpc) is 2.68. The van der Waals surface area contributed by atoms with Crippen LogP contribution in [-0.4, -0.2) is 28.7 Å². The number of unbranched alkanes of at least 4 members (excludes halogenated alkanes) is 1. The molecule has 0 saturated carbocycles. The molecule has 2 aromatic carbocycles. The Balaban J connectivity index is 1.69. The van der Waals surface area contributed by atoms with Gasteiger partial charge >= 0.3 is 0 Å². The topological polar surface area (TPSA) is 86.9 Å². The van der Waals surface area contributed by atoms with Crippen molar-refractivity contribution in [2.45, 2.75) is 39.2 Å². The number of nitrogens with one attached hydrogen (secondary N) is 3. The van der Waals surface area contributed by atoms with Crippen molar-refractivity contribution in [1.82, 2.24) is 15.5 Å². The number of hydrogen-bond acceptors (Lipinski definition) is 4. The summed E-state index contributed by atoms with van der Waals surface area (Å²) in [5.41, 5.74) is 2.04. The number of nitrogens with zero attached hydrogens (tertiary/aromatic N) is 1. The van der Waals surface area contributed by atoms with Gasteiger partial charge in [-0.2, -0.15) is 5.10 Å². The number of carbonyl (C=O) groups excluding carboxylic acids is 1. The Kier molecular flexibility index (Phi) is 6.55. The Morgan fingerprint density at radius 2 is 1.86 bits per heavy atom. The molecule has 0 radical (unpaired) electrons. The lowest BCUT2D eigenvalue weighted by Gasteiger charge is -2.09. The normalized spacial score (nSPS) is 11.1. The smallest absolute Gasteiger partial charge is 0.272 e. The lowest BCUT2D eigenvalue weighted by atomic mass is 10.0. The Labute approximate surface area is 164 Å². The fourth-order valence-electron chi connectivity index (χ4n) is 3.10. The second-order valence-corrected chi connectivity index (χ2v) is 7.14. The molecule has 3 N–H and O–H groups in total. The predicted octanol–water partition coefficient (Wildman–Crippen LogP) is 3.70. The first-order valence-corrected chi connectivity index (χ1v) is 9.65. The number of hydrogen-bond donors (Lipinski definition) is 3. The highest BCUT2D eigenvalue weighted by atomic mass is 16.1. The fraction of sp³-hybridized carbons (Fsp3) is 0.318. The van der Waals surface area contributed by atoms with E-state index in [9.17, 15) is 9.59 Å². The minimum absolute atomic E-state index is 0.000910. The van der Waals surface area contributed by atoms with Gasteiger partial charge in [-0.1, -0.05) is 44.2 Å². The van der Waals surface area contributed by atoms with E-state index in [0.717, 1.165) is 36.0 Å². The van der Waals surface area contributed by atoms with Crippen molar-refractivity contribution in [3.8, 4) is 11.3 Å². The largest absolute Gasteiger partial charge is 0.326 e. The number of fused-ring (bicyclic) bond motifs is 1. The summed E-state index contributed by atoms with van der Waals surface area (Å²) >= 11 is 0. The summed E-state index contributed by atoms with van der Waals surface area (Å²) in [4.78, 5) is 24.2. The number of carbonyl (C=O) groups is 1. The Morgan fingerprint density at radius 1 is 1.07 bits per heavy atom. The summed E-state index contributed by atoms with van der Waals surface area (Å²) in [5.74, 6) is 0.000910. The molecule has 3 aromatic rings. The summed E-state index contributed by atoms with van der Waals surface area (Å²) in [6.07, 6.45) is 2.31. The third-order valence-corrected chi connectivity index (χ3v) is 4.50. The molecule has 146 valence electrons. The van der Waals surface area contributed by atoms with Crippen LogP contribution in [-0.2, 0) is 4.79 Å². The Hall–Kier alpha value is -2.99. The van der Waals surface area contributed by atoms with E-state index in [4.69, 9.17) is 0 Å². The van der Waals surface area contributed by atoms with E-state index in [2.05, 4.69) is 34.7 Å².